The molecule has 2 rings (SSSR count). The maximum Gasteiger partial charge on any atom is 0.315 e. The number of aliphatic hydroxyl groups is 1. The Labute approximate surface area is 125 Å². The van der Waals surface area contributed by atoms with Gasteiger partial charge in [0.2, 0.25) is 0 Å². The Hall–Kier alpha value is -1.75. The summed E-state index contributed by atoms with van der Waals surface area (Å²) in [5.41, 5.74) is 0.757. The molecule has 0 saturated heterocycles. The number of carbonyl (C=O) groups excluding carboxylic acids is 1. The number of aliphatic hydroxyl groups excluding tert-OH is 1. The molecule has 5 nitrogen and oxygen atoms in total. The molecule has 0 spiro atoms. The number of urea groups is 1. The fourth-order valence-corrected chi connectivity index (χ4v) is 2.63. The molecule has 1 aliphatic rings. The summed E-state index contributed by atoms with van der Waals surface area (Å²) in [6, 6.07) is 7.56. The molecule has 3 N–H and O–H groups in total. The number of hydrogen-bond donors (Lipinski definition) is 3. The van der Waals surface area contributed by atoms with E-state index >= 15 is 0 Å². The first-order valence-corrected chi connectivity index (χ1v) is 7.50. The minimum atomic E-state index is -0.429. The summed E-state index contributed by atoms with van der Waals surface area (Å²) in [5, 5.41) is 15.1. The predicted molar refractivity (Wildman–Crippen MR) is 81.5 cm³/mol. The monoisotopic (exact) mass is 292 g/mol. The molecule has 0 radical (unpaired) electrons. The predicted octanol–water partition coefficient (Wildman–Crippen LogP) is 1.98. The topological polar surface area (TPSA) is 70.6 Å². The standard InChI is InChI=1S/C16H24N2O3/c1-13-4-6-14(7-5-13)21-11-10-17-15(20)18-16(12-19)8-2-3-9-16/h4-7,19H,2-3,8-12H2,1H3,(H2,17,18,20). The first-order chi connectivity index (χ1) is 10.1. The molecular formula is C16H24N2O3. The van der Waals surface area contributed by atoms with E-state index in [0.717, 1.165) is 31.4 Å². The van der Waals surface area contributed by atoms with Crippen molar-refractivity contribution >= 4 is 6.03 Å². The number of carbonyl (C=O) groups is 1. The van der Waals surface area contributed by atoms with Crippen molar-refractivity contribution in [2.24, 2.45) is 0 Å². The second-order valence-electron chi connectivity index (χ2n) is 5.69. The molecule has 5 heteroatoms. The maximum atomic E-state index is 11.8. The Bertz CT molecular complexity index is 453. The average molecular weight is 292 g/mol. The number of amides is 2. The molecule has 1 saturated carbocycles. The van der Waals surface area contributed by atoms with E-state index in [1.165, 1.54) is 5.56 Å². The molecule has 21 heavy (non-hydrogen) atoms. The van der Waals surface area contributed by atoms with E-state index in [-0.39, 0.29) is 12.6 Å². The SMILES string of the molecule is Cc1ccc(OCCNC(=O)NC2(CO)CCCC2)cc1. The minimum Gasteiger partial charge on any atom is -0.492 e. The van der Waals surface area contributed by atoms with Crippen molar-refractivity contribution in [2.75, 3.05) is 19.8 Å². The van der Waals surface area contributed by atoms with Crippen LogP contribution in [0.2, 0.25) is 0 Å². The normalized spacial score (nSPS) is 16.5. The van der Waals surface area contributed by atoms with Gasteiger partial charge in [-0.25, -0.2) is 4.79 Å². The lowest BCUT2D eigenvalue weighted by molar-refractivity contribution is 0.162. The highest BCUT2D eigenvalue weighted by Gasteiger charge is 2.34. The number of rotatable bonds is 6. The largest absolute Gasteiger partial charge is 0.492 e. The van der Waals surface area contributed by atoms with Crippen LogP contribution in [-0.2, 0) is 0 Å². The zero-order valence-electron chi connectivity index (χ0n) is 12.5. The summed E-state index contributed by atoms with van der Waals surface area (Å²) in [7, 11) is 0. The molecule has 0 atom stereocenters. The summed E-state index contributed by atoms with van der Waals surface area (Å²) in [5.74, 6) is 0.797. The van der Waals surface area contributed by atoms with Crippen LogP contribution in [0, 0.1) is 6.92 Å². The summed E-state index contributed by atoms with van der Waals surface area (Å²) >= 11 is 0. The Morgan fingerprint density at radius 3 is 2.57 bits per heavy atom. The lowest BCUT2D eigenvalue weighted by Crippen LogP contribution is -2.53. The first-order valence-electron chi connectivity index (χ1n) is 7.50. The zero-order chi connectivity index (χ0) is 15.1. The van der Waals surface area contributed by atoms with Crippen LogP contribution in [0.5, 0.6) is 5.75 Å². The highest BCUT2D eigenvalue weighted by atomic mass is 16.5. The molecule has 0 aromatic heterocycles. The van der Waals surface area contributed by atoms with Gasteiger partial charge in [0.15, 0.2) is 0 Å². The van der Waals surface area contributed by atoms with Crippen LogP contribution >= 0.6 is 0 Å². The number of ether oxygens (including phenoxy) is 1. The molecule has 0 unspecified atom stereocenters. The van der Waals surface area contributed by atoms with Gasteiger partial charge in [-0.15, -0.1) is 0 Å². The van der Waals surface area contributed by atoms with Gasteiger partial charge in [0.05, 0.1) is 18.7 Å². The van der Waals surface area contributed by atoms with E-state index < -0.39 is 5.54 Å². The Balaban J connectivity index is 1.66. The van der Waals surface area contributed by atoms with E-state index in [0.29, 0.717) is 13.2 Å². The summed E-state index contributed by atoms with van der Waals surface area (Å²) < 4.78 is 5.54. The number of benzene rings is 1. The van der Waals surface area contributed by atoms with Crippen molar-refractivity contribution in [3.63, 3.8) is 0 Å². The van der Waals surface area contributed by atoms with Crippen LogP contribution in [0.25, 0.3) is 0 Å². The van der Waals surface area contributed by atoms with Gasteiger partial charge in [0, 0.05) is 0 Å². The van der Waals surface area contributed by atoms with Crippen molar-refractivity contribution in [3.8, 4) is 5.75 Å². The average Bonchev–Trinajstić information content (AvgIpc) is 2.94. The molecule has 1 aliphatic carbocycles. The number of nitrogens with one attached hydrogen (secondary N) is 2. The van der Waals surface area contributed by atoms with Gasteiger partial charge in [0.25, 0.3) is 0 Å². The lowest BCUT2D eigenvalue weighted by atomic mass is 9.99. The third kappa shape index (κ3) is 4.63. The Morgan fingerprint density at radius 2 is 1.95 bits per heavy atom. The molecule has 0 heterocycles. The number of hydrogen-bond acceptors (Lipinski definition) is 3. The fourth-order valence-electron chi connectivity index (χ4n) is 2.63. The zero-order valence-corrected chi connectivity index (χ0v) is 12.5. The van der Waals surface area contributed by atoms with Crippen molar-refractivity contribution in [1.82, 2.24) is 10.6 Å². The Kier molecular flexibility index (Phi) is 5.44. The molecular weight excluding hydrogens is 268 g/mol. The Morgan fingerprint density at radius 1 is 1.29 bits per heavy atom. The van der Waals surface area contributed by atoms with E-state index in [1.54, 1.807) is 0 Å². The lowest BCUT2D eigenvalue weighted by Gasteiger charge is -2.27. The first kappa shape index (κ1) is 15.6. The molecule has 0 bridgehead atoms. The second kappa shape index (κ2) is 7.31. The van der Waals surface area contributed by atoms with Crippen LogP contribution in [0.3, 0.4) is 0 Å². The summed E-state index contributed by atoms with van der Waals surface area (Å²) in [4.78, 5) is 11.8. The van der Waals surface area contributed by atoms with Crippen LogP contribution in [0.4, 0.5) is 4.79 Å². The van der Waals surface area contributed by atoms with Gasteiger partial charge in [-0.3, -0.25) is 0 Å². The van der Waals surface area contributed by atoms with Crippen LogP contribution in [0.15, 0.2) is 24.3 Å². The highest BCUT2D eigenvalue weighted by Crippen LogP contribution is 2.28. The van der Waals surface area contributed by atoms with Gasteiger partial charge in [0.1, 0.15) is 12.4 Å². The van der Waals surface area contributed by atoms with Crippen molar-refractivity contribution in [2.45, 2.75) is 38.1 Å². The third-order valence-electron chi connectivity index (χ3n) is 3.92. The second-order valence-corrected chi connectivity index (χ2v) is 5.69. The van der Waals surface area contributed by atoms with Crippen molar-refractivity contribution in [1.29, 1.82) is 0 Å². The summed E-state index contributed by atoms with van der Waals surface area (Å²) in [6.07, 6.45) is 3.79. The van der Waals surface area contributed by atoms with Gasteiger partial charge in [-0.1, -0.05) is 30.5 Å². The molecule has 1 aromatic rings. The minimum absolute atomic E-state index is 0.000284. The number of aryl methyl sites for hydroxylation is 1. The molecule has 116 valence electrons. The van der Waals surface area contributed by atoms with Gasteiger partial charge in [-0.05, 0) is 31.9 Å². The van der Waals surface area contributed by atoms with Gasteiger partial charge >= 0.3 is 6.03 Å². The van der Waals surface area contributed by atoms with Crippen molar-refractivity contribution in [3.05, 3.63) is 29.8 Å². The molecule has 1 fully saturated rings. The van der Waals surface area contributed by atoms with Gasteiger partial charge in [-0.2, -0.15) is 0 Å². The fraction of sp³-hybridized carbons (Fsp3) is 0.562. The van der Waals surface area contributed by atoms with Crippen LogP contribution in [-0.4, -0.2) is 36.4 Å². The van der Waals surface area contributed by atoms with Crippen molar-refractivity contribution < 1.29 is 14.6 Å². The van der Waals surface area contributed by atoms with Crippen LogP contribution < -0.4 is 15.4 Å². The molecule has 1 aromatic carbocycles. The quantitative estimate of drug-likeness (QED) is 0.702. The molecule has 2 amide bonds. The van der Waals surface area contributed by atoms with Crippen LogP contribution in [0.1, 0.15) is 31.2 Å². The maximum absolute atomic E-state index is 11.8. The van der Waals surface area contributed by atoms with E-state index in [9.17, 15) is 9.90 Å². The van der Waals surface area contributed by atoms with Gasteiger partial charge < -0.3 is 20.5 Å². The smallest absolute Gasteiger partial charge is 0.315 e. The van der Waals surface area contributed by atoms with E-state index in [4.69, 9.17) is 4.74 Å². The highest BCUT2D eigenvalue weighted by molar-refractivity contribution is 5.74. The summed E-state index contributed by atoms with van der Waals surface area (Å²) in [6.45, 7) is 2.87. The van der Waals surface area contributed by atoms with E-state index in [2.05, 4.69) is 10.6 Å². The third-order valence-corrected chi connectivity index (χ3v) is 3.92. The van der Waals surface area contributed by atoms with E-state index in [1.807, 2.05) is 31.2 Å². The molecule has 0 aliphatic heterocycles.